The van der Waals surface area contributed by atoms with Crippen molar-refractivity contribution in [2.24, 2.45) is 0 Å². The van der Waals surface area contributed by atoms with Gasteiger partial charge in [-0.05, 0) is 17.2 Å². The first-order valence-electron chi connectivity index (χ1n) is 8.02. The predicted octanol–water partition coefficient (Wildman–Crippen LogP) is 0.169. The molecule has 0 aliphatic heterocycles. The van der Waals surface area contributed by atoms with Crippen LogP contribution in [0.5, 0.6) is 0 Å². The van der Waals surface area contributed by atoms with Gasteiger partial charge in [0.15, 0.2) is 11.6 Å². The molecule has 0 saturated carbocycles. The van der Waals surface area contributed by atoms with Gasteiger partial charge in [-0.2, -0.15) is 0 Å². The molecule has 2 aromatic rings. The Morgan fingerprint density at radius 2 is 1.35 bits per heavy atom. The van der Waals surface area contributed by atoms with Gasteiger partial charge in [0, 0.05) is 46.0 Å². The highest BCUT2D eigenvalue weighted by atomic mass is 16.4. The van der Waals surface area contributed by atoms with E-state index < -0.39 is 35.3 Å². The molecule has 26 heavy (non-hydrogen) atoms. The molecule has 0 bridgehead atoms. The molecule has 0 heterocycles. The molecule has 132 valence electrons. The van der Waals surface area contributed by atoms with E-state index in [0.29, 0.717) is 0 Å². The SMILES string of the molecule is CC(C(=O)[O-])c1cc2c(c(C(C)C(=O)[O-])c1)C(=O)c1ccccc1C2=O. The van der Waals surface area contributed by atoms with Crippen LogP contribution in [0.1, 0.15) is 68.7 Å². The van der Waals surface area contributed by atoms with Crippen molar-refractivity contribution in [2.75, 3.05) is 0 Å². The zero-order chi connectivity index (χ0) is 19.2. The molecule has 0 N–H and O–H groups in total. The van der Waals surface area contributed by atoms with Gasteiger partial charge in [0.25, 0.3) is 0 Å². The Morgan fingerprint density at radius 1 is 0.808 bits per heavy atom. The van der Waals surface area contributed by atoms with E-state index in [1.165, 1.54) is 38.1 Å². The highest BCUT2D eigenvalue weighted by Gasteiger charge is 2.33. The molecular weight excluding hydrogens is 336 g/mol. The quantitative estimate of drug-likeness (QED) is 0.662. The fourth-order valence-corrected chi connectivity index (χ4v) is 3.13. The third kappa shape index (κ3) is 2.60. The monoisotopic (exact) mass is 350 g/mol. The van der Waals surface area contributed by atoms with E-state index in [4.69, 9.17) is 0 Å². The van der Waals surface area contributed by atoms with Crippen LogP contribution in [0.2, 0.25) is 0 Å². The van der Waals surface area contributed by atoms with Gasteiger partial charge in [-0.1, -0.05) is 44.2 Å². The summed E-state index contributed by atoms with van der Waals surface area (Å²) in [6.45, 7) is 2.70. The molecule has 2 unspecified atom stereocenters. The number of carbonyl (C=O) groups is 4. The lowest BCUT2D eigenvalue weighted by Crippen LogP contribution is -2.32. The molecule has 6 nitrogen and oxygen atoms in total. The number of aliphatic carboxylic acids is 2. The first-order valence-corrected chi connectivity index (χ1v) is 8.02. The Kier molecular flexibility index (Phi) is 4.20. The minimum Gasteiger partial charge on any atom is -0.550 e. The Hall–Kier alpha value is -3.28. The van der Waals surface area contributed by atoms with Crippen LogP contribution in [0.4, 0.5) is 0 Å². The fourth-order valence-electron chi connectivity index (χ4n) is 3.13. The summed E-state index contributed by atoms with van der Waals surface area (Å²) in [5.41, 5.74) is 0.653. The van der Waals surface area contributed by atoms with Gasteiger partial charge < -0.3 is 19.8 Å². The molecular formula is C20H14O6-2. The second-order valence-corrected chi connectivity index (χ2v) is 6.32. The number of hydrogen-bond donors (Lipinski definition) is 0. The summed E-state index contributed by atoms with van der Waals surface area (Å²) in [4.78, 5) is 48.4. The number of fused-ring (bicyclic) bond motifs is 2. The van der Waals surface area contributed by atoms with Gasteiger partial charge in [0.1, 0.15) is 0 Å². The van der Waals surface area contributed by atoms with Crippen LogP contribution in [-0.2, 0) is 9.59 Å². The minimum absolute atomic E-state index is 0.00222. The molecule has 0 radical (unpaired) electrons. The zero-order valence-electron chi connectivity index (χ0n) is 14.1. The molecule has 0 fully saturated rings. The average Bonchev–Trinajstić information content (AvgIpc) is 2.63. The molecule has 0 spiro atoms. The van der Waals surface area contributed by atoms with Gasteiger partial charge >= 0.3 is 0 Å². The standard InChI is InChI=1S/C20H16O6/c1-9(19(23)24)11-7-14(10(2)20(25)26)16-15(8-11)17(21)12-5-3-4-6-13(12)18(16)22/h3-10H,1-2H3,(H,23,24)(H,25,26)/p-2. The fraction of sp³-hybridized carbons (Fsp3) is 0.200. The van der Waals surface area contributed by atoms with Crippen molar-refractivity contribution in [3.63, 3.8) is 0 Å². The van der Waals surface area contributed by atoms with Crippen molar-refractivity contribution in [2.45, 2.75) is 25.7 Å². The lowest BCUT2D eigenvalue weighted by atomic mass is 9.77. The maximum absolute atomic E-state index is 12.9. The van der Waals surface area contributed by atoms with Crippen LogP contribution in [-0.4, -0.2) is 23.5 Å². The smallest absolute Gasteiger partial charge is 0.194 e. The molecule has 2 atom stereocenters. The van der Waals surface area contributed by atoms with Crippen LogP contribution in [0.25, 0.3) is 0 Å². The van der Waals surface area contributed by atoms with Gasteiger partial charge in [-0.15, -0.1) is 0 Å². The third-order valence-electron chi connectivity index (χ3n) is 4.75. The van der Waals surface area contributed by atoms with Crippen molar-refractivity contribution in [3.05, 3.63) is 69.8 Å². The minimum atomic E-state index is -1.43. The molecule has 6 heteroatoms. The van der Waals surface area contributed by atoms with E-state index in [1.54, 1.807) is 12.1 Å². The number of benzene rings is 2. The summed E-state index contributed by atoms with van der Waals surface area (Å²) >= 11 is 0. The summed E-state index contributed by atoms with van der Waals surface area (Å²) in [6.07, 6.45) is 0. The first kappa shape index (κ1) is 17.5. The maximum Gasteiger partial charge on any atom is 0.194 e. The predicted molar refractivity (Wildman–Crippen MR) is 86.6 cm³/mol. The Bertz CT molecular complexity index is 972. The van der Waals surface area contributed by atoms with E-state index >= 15 is 0 Å². The molecule has 3 rings (SSSR count). The van der Waals surface area contributed by atoms with E-state index in [9.17, 15) is 29.4 Å². The number of carboxylic acids is 2. The Labute approximate surface area is 149 Å². The Morgan fingerprint density at radius 3 is 1.88 bits per heavy atom. The molecule has 1 aliphatic carbocycles. The second kappa shape index (κ2) is 6.22. The van der Waals surface area contributed by atoms with E-state index in [0.717, 1.165) is 0 Å². The molecule has 0 aromatic heterocycles. The highest BCUT2D eigenvalue weighted by molar-refractivity contribution is 6.29. The maximum atomic E-state index is 12.9. The van der Waals surface area contributed by atoms with Gasteiger partial charge in [0.05, 0.1) is 0 Å². The second-order valence-electron chi connectivity index (χ2n) is 6.32. The van der Waals surface area contributed by atoms with Crippen molar-refractivity contribution >= 4 is 23.5 Å². The number of carboxylic acid groups (broad SMARTS) is 2. The van der Waals surface area contributed by atoms with Crippen LogP contribution < -0.4 is 10.2 Å². The van der Waals surface area contributed by atoms with Gasteiger partial charge in [-0.3, -0.25) is 9.59 Å². The third-order valence-corrected chi connectivity index (χ3v) is 4.75. The van der Waals surface area contributed by atoms with Crippen LogP contribution >= 0.6 is 0 Å². The van der Waals surface area contributed by atoms with E-state index in [1.807, 2.05) is 0 Å². The lowest BCUT2D eigenvalue weighted by molar-refractivity contribution is -0.308. The summed E-state index contributed by atoms with van der Waals surface area (Å²) in [5, 5.41) is 22.6. The van der Waals surface area contributed by atoms with E-state index in [2.05, 4.69) is 0 Å². The summed E-state index contributed by atoms with van der Waals surface area (Å²) in [5.74, 6) is -5.98. The number of hydrogen-bond acceptors (Lipinski definition) is 6. The average molecular weight is 350 g/mol. The van der Waals surface area contributed by atoms with Crippen molar-refractivity contribution < 1.29 is 29.4 Å². The Balaban J connectivity index is 2.34. The number of ketones is 2. The summed E-state index contributed by atoms with van der Waals surface area (Å²) in [6, 6.07) is 8.91. The largest absolute Gasteiger partial charge is 0.550 e. The van der Waals surface area contributed by atoms with Crippen LogP contribution in [0.3, 0.4) is 0 Å². The highest BCUT2D eigenvalue weighted by Crippen LogP contribution is 2.35. The number of rotatable bonds is 4. The summed E-state index contributed by atoms with van der Waals surface area (Å²) < 4.78 is 0. The topological polar surface area (TPSA) is 114 Å². The molecule has 0 saturated heterocycles. The van der Waals surface area contributed by atoms with Crippen molar-refractivity contribution in [3.8, 4) is 0 Å². The van der Waals surface area contributed by atoms with Crippen LogP contribution in [0.15, 0.2) is 36.4 Å². The van der Waals surface area contributed by atoms with E-state index in [-0.39, 0.29) is 33.4 Å². The lowest BCUT2D eigenvalue weighted by Gasteiger charge is -2.26. The molecule has 0 amide bonds. The first-order chi connectivity index (χ1) is 12.2. The van der Waals surface area contributed by atoms with Gasteiger partial charge in [-0.25, -0.2) is 0 Å². The van der Waals surface area contributed by atoms with Crippen molar-refractivity contribution in [1.82, 2.24) is 0 Å². The molecule has 1 aliphatic rings. The van der Waals surface area contributed by atoms with Crippen molar-refractivity contribution in [1.29, 1.82) is 0 Å². The zero-order valence-corrected chi connectivity index (χ0v) is 14.1. The normalized spacial score (nSPS) is 15.0. The summed E-state index contributed by atoms with van der Waals surface area (Å²) in [7, 11) is 0. The molecule has 2 aromatic carbocycles. The van der Waals surface area contributed by atoms with Crippen LogP contribution in [0, 0.1) is 0 Å². The number of carbonyl (C=O) groups excluding carboxylic acids is 4. The van der Waals surface area contributed by atoms with Gasteiger partial charge in [0.2, 0.25) is 0 Å².